The van der Waals surface area contributed by atoms with Crippen molar-refractivity contribution in [3.8, 4) is 0 Å². The van der Waals surface area contributed by atoms with E-state index in [9.17, 15) is 0 Å². The van der Waals surface area contributed by atoms with Gasteiger partial charge in [-0.05, 0) is 12.8 Å². The van der Waals surface area contributed by atoms with Crippen LogP contribution in [0.4, 0.5) is 0 Å². The van der Waals surface area contributed by atoms with E-state index in [1.807, 2.05) is 0 Å². The molecule has 0 aliphatic carbocycles. The highest BCUT2D eigenvalue weighted by Gasteiger charge is 2.14. The van der Waals surface area contributed by atoms with Crippen LogP contribution in [0, 0.1) is 0 Å². The summed E-state index contributed by atoms with van der Waals surface area (Å²) in [5, 5.41) is 10.0. The van der Waals surface area contributed by atoms with E-state index in [0.29, 0.717) is 10.8 Å². The van der Waals surface area contributed by atoms with Gasteiger partial charge in [-0.1, -0.05) is 36.4 Å². The van der Waals surface area contributed by atoms with Crippen molar-refractivity contribution in [3.05, 3.63) is 17.4 Å². The summed E-state index contributed by atoms with van der Waals surface area (Å²) in [6, 6.07) is 0. The summed E-state index contributed by atoms with van der Waals surface area (Å²) in [5.41, 5.74) is 0. The monoisotopic (exact) mass is 243 g/mol. The second-order valence-electron chi connectivity index (χ2n) is 3.67. The summed E-state index contributed by atoms with van der Waals surface area (Å²) in [6.07, 6.45) is 4.79. The third-order valence-corrected chi connectivity index (χ3v) is 3.78. The molecule has 5 heteroatoms. The maximum Gasteiger partial charge on any atom is 0.191 e. The minimum Gasteiger partial charge on any atom is -0.306 e. The van der Waals surface area contributed by atoms with E-state index in [1.165, 1.54) is 19.3 Å². The number of rotatable bonds is 3. The first-order valence-electron chi connectivity index (χ1n) is 5.15. The minimum atomic E-state index is 0.658. The van der Waals surface area contributed by atoms with Crippen molar-refractivity contribution in [2.75, 3.05) is 5.75 Å². The lowest BCUT2D eigenvalue weighted by atomic mass is 10.2. The van der Waals surface area contributed by atoms with Crippen molar-refractivity contribution >= 4 is 23.4 Å². The molecule has 1 aliphatic heterocycles. The lowest BCUT2D eigenvalue weighted by Crippen LogP contribution is -2.02. The lowest BCUT2D eigenvalue weighted by Gasteiger charge is -2.05. The number of hydrogen-bond donors (Lipinski definition) is 0. The zero-order valence-electron chi connectivity index (χ0n) is 8.58. The maximum atomic E-state index is 5.74. The van der Waals surface area contributed by atoms with Crippen molar-refractivity contribution in [1.82, 2.24) is 14.8 Å². The number of aryl methyl sites for hydroxylation is 1. The van der Waals surface area contributed by atoms with E-state index in [1.54, 1.807) is 11.8 Å². The molecule has 0 fully saturated rings. The van der Waals surface area contributed by atoms with Gasteiger partial charge in [0.2, 0.25) is 0 Å². The summed E-state index contributed by atoms with van der Waals surface area (Å²) in [7, 11) is 0. The molecule has 0 bridgehead atoms. The smallest absolute Gasteiger partial charge is 0.191 e. The highest BCUT2D eigenvalue weighted by Crippen LogP contribution is 2.23. The average Bonchev–Trinajstić information content (AvgIpc) is 2.44. The topological polar surface area (TPSA) is 30.7 Å². The molecule has 82 valence electrons. The predicted molar refractivity (Wildman–Crippen MR) is 63.3 cm³/mol. The van der Waals surface area contributed by atoms with Gasteiger partial charge in [-0.3, -0.25) is 0 Å². The van der Waals surface area contributed by atoms with Crippen LogP contribution in [-0.2, 0) is 13.0 Å². The summed E-state index contributed by atoms with van der Waals surface area (Å²) in [4.78, 5) is 0. The molecule has 1 aliphatic rings. The number of nitrogens with zero attached hydrogens (tertiary/aromatic N) is 3. The van der Waals surface area contributed by atoms with Gasteiger partial charge in [0.15, 0.2) is 5.16 Å². The number of halogens is 1. The summed E-state index contributed by atoms with van der Waals surface area (Å²) in [5.74, 6) is 1.83. The van der Waals surface area contributed by atoms with Crippen LogP contribution in [0.15, 0.2) is 16.8 Å². The van der Waals surface area contributed by atoms with Crippen LogP contribution in [0.1, 0.15) is 25.1 Å². The van der Waals surface area contributed by atoms with Gasteiger partial charge in [-0.2, -0.15) is 0 Å². The van der Waals surface area contributed by atoms with Crippen molar-refractivity contribution in [3.63, 3.8) is 0 Å². The molecule has 0 amide bonds. The second-order valence-corrected chi connectivity index (χ2v) is 5.14. The zero-order chi connectivity index (χ0) is 10.7. The Kier molecular flexibility index (Phi) is 3.70. The van der Waals surface area contributed by atoms with Crippen molar-refractivity contribution in [1.29, 1.82) is 0 Å². The Morgan fingerprint density at radius 3 is 3.07 bits per heavy atom. The Bertz CT molecular complexity index is 362. The molecule has 0 atom stereocenters. The molecule has 0 unspecified atom stereocenters. The van der Waals surface area contributed by atoms with Crippen LogP contribution in [0.5, 0.6) is 0 Å². The number of hydrogen-bond acceptors (Lipinski definition) is 3. The third kappa shape index (κ3) is 2.75. The first-order valence-corrected chi connectivity index (χ1v) is 6.52. The molecule has 2 heterocycles. The number of aromatic nitrogens is 3. The zero-order valence-corrected chi connectivity index (χ0v) is 10.2. The van der Waals surface area contributed by atoms with Crippen LogP contribution >= 0.6 is 23.4 Å². The van der Waals surface area contributed by atoms with Gasteiger partial charge in [0, 0.05) is 23.8 Å². The first-order chi connectivity index (χ1) is 7.27. The van der Waals surface area contributed by atoms with Gasteiger partial charge in [-0.25, -0.2) is 0 Å². The lowest BCUT2D eigenvalue weighted by molar-refractivity contribution is 0.591. The molecule has 15 heavy (non-hydrogen) atoms. The Labute approximate surface area is 98.9 Å². The summed E-state index contributed by atoms with van der Waals surface area (Å²) < 4.78 is 2.22. The molecule has 0 radical (unpaired) electrons. The number of thioether (sulfide) groups is 1. The van der Waals surface area contributed by atoms with E-state index in [-0.39, 0.29) is 0 Å². The van der Waals surface area contributed by atoms with Crippen LogP contribution < -0.4 is 0 Å². The second kappa shape index (κ2) is 5.03. The third-order valence-electron chi connectivity index (χ3n) is 2.43. The van der Waals surface area contributed by atoms with Gasteiger partial charge < -0.3 is 4.57 Å². The molecule has 0 saturated carbocycles. The maximum absolute atomic E-state index is 5.74. The Morgan fingerprint density at radius 2 is 2.27 bits per heavy atom. The SMILES string of the molecule is C=C(Cl)CSc1nnc2n1CCCCC2. The molecular formula is C10H14ClN3S. The van der Waals surface area contributed by atoms with Crippen molar-refractivity contribution < 1.29 is 0 Å². The van der Waals surface area contributed by atoms with Crippen LogP contribution in [0.2, 0.25) is 0 Å². The van der Waals surface area contributed by atoms with Gasteiger partial charge in [0.25, 0.3) is 0 Å². The summed E-state index contributed by atoms with van der Waals surface area (Å²) >= 11 is 7.35. The average molecular weight is 244 g/mol. The molecule has 0 spiro atoms. The first kappa shape index (κ1) is 11.0. The Morgan fingerprint density at radius 1 is 1.40 bits per heavy atom. The standard InChI is InChI=1S/C10H14ClN3S/c1-8(11)7-15-10-13-12-9-5-3-2-4-6-14(9)10/h1-7H2. The van der Waals surface area contributed by atoms with Gasteiger partial charge in [0.1, 0.15) is 5.82 Å². The van der Waals surface area contributed by atoms with Crippen molar-refractivity contribution in [2.24, 2.45) is 0 Å². The van der Waals surface area contributed by atoms with Gasteiger partial charge >= 0.3 is 0 Å². The van der Waals surface area contributed by atoms with Gasteiger partial charge in [0.05, 0.1) is 0 Å². The van der Waals surface area contributed by atoms with E-state index in [4.69, 9.17) is 11.6 Å². The fraction of sp³-hybridized carbons (Fsp3) is 0.600. The molecule has 3 nitrogen and oxygen atoms in total. The molecule has 2 rings (SSSR count). The molecule has 1 aromatic heterocycles. The Balaban J connectivity index is 2.11. The van der Waals surface area contributed by atoms with E-state index in [0.717, 1.165) is 23.9 Å². The van der Waals surface area contributed by atoms with Crippen LogP contribution in [0.3, 0.4) is 0 Å². The molecule has 0 saturated heterocycles. The van der Waals surface area contributed by atoms with E-state index >= 15 is 0 Å². The Hall–Kier alpha value is -0.480. The minimum absolute atomic E-state index is 0.658. The normalized spacial score (nSPS) is 15.8. The largest absolute Gasteiger partial charge is 0.306 e. The summed E-state index contributed by atoms with van der Waals surface area (Å²) in [6.45, 7) is 4.71. The van der Waals surface area contributed by atoms with E-state index in [2.05, 4.69) is 21.3 Å². The molecule has 1 aromatic rings. The predicted octanol–water partition coefficient (Wildman–Crippen LogP) is 2.85. The quantitative estimate of drug-likeness (QED) is 0.765. The van der Waals surface area contributed by atoms with Gasteiger partial charge in [-0.15, -0.1) is 10.2 Å². The fourth-order valence-electron chi connectivity index (χ4n) is 1.71. The van der Waals surface area contributed by atoms with E-state index < -0.39 is 0 Å². The number of fused-ring (bicyclic) bond motifs is 1. The fourth-order valence-corrected chi connectivity index (χ4v) is 2.61. The van der Waals surface area contributed by atoms with Crippen LogP contribution in [0.25, 0.3) is 0 Å². The van der Waals surface area contributed by atoms with Crippen molar-refractivity contribution in [2.45, 2.75) is 37.4 Å². The molecular weight excluding hydrogens is 230 g/mol. The van der Waals surface area contributed by atoms with Crippen LogP contribution in [-0.4, -0.2) is 20.5 Å². The highest BCUT2D eigenvalue weighted by molar-refractivity contribution is 7.99. The molecule has 0 N–H and O–H groups in total. The molecule has 0 aromatic carbocycles. The highest BCUT2D eigenvalue weighted by atomic mass is 35.5.